The molecule has 0 heterocycles. The lowest BCUT2D eigenvalue weighted by Gasteiger charge is -2.20. The average Bonchev–Trinajstić information content (AvgIpc) is 2.34. The summed E-state index contributed by atoms with van der Waals surface area (Å²) in [5.74, 6) is 2.66. The summed E-state index contributed by atoms with van der Waals surface area (Å²) >= 11 is 0. The molecule has 1 aromatic rings. The standard InChI is InChI=1S/C18H24O3Si/c1-13-15(12-19)10-14(8-9-22(5,6)7)11-16(13)17(20)21-18(2,3)4/h10-12H,1-7H3. The van der Waals surface area contributed by atoms with Gasteiger partial charge in [-0.1, -0.05) is 25.6 Å². The Balaban J connectivity index is 3.35. The maximum Gasteiger partial charge on any atom is 0.338 e. The van der Waals surface area contributed by atoms with E-state index in [1.807, 2.05) is 20.8 Å². The fourth-order valence-electron chi connectivity index (χ4n) is 1.74. The molecule has 0 amide bonds. The maximum absolute atomic E-state index is 12.3. The third-order valence-electron chi connectivity index (χ3n) is 2.78. The van der Waals surface area contributed by atoms with Crippen molar-refractivity contribution in [3.8, 4) is 11.5 Å². The van der Waals surface area contributed by atoms with Gasteiger partial charge in [-0.2, -0.15) is 0 Å². The summed E-state index contributed by atoms with van der Waals surface area (Å²) in [5.41, 5.74) is 4.85. The van der Waals surface area contributed by atoms with E-state index in [1.165, 1.54) is 0 Å². The Morgan fingerprint density at radius 1 is 1.23 bits per heavy atom. The van der Waals surface area contributed by atoms with Gasteiger partial charge in [0.2, 0.25) is 0 Å². The van der Waals surface area contributed by atoms with Gasteiger partial charge in [0.1, 0.15) is 20.0 Å². The van der Waals surface area contributed by atoms with Crippen LogP contribution in [0, 0.1) is 18.4 Å². The highest BCUT2D eigenvalue weighted by Gasteiger charge is 2.21. The molecule has 0 aromatic heterocycles. The zero-order chi connectivity index (χ0) is 17.1. The fourth-order valence-corrected chi connectivity index (χ4v) is 2.26. The first-order chi connectivity index (χ1) is 9.93. The van der Waals surface area contributed by atoms with Crippen LogP contribution in [0.4, 0.5) is 0 Å². The molecule has 4 heteroatoms. The molecule has 0 unspecified atom stereocenters. The second-order valence-corrected chi connectivity index (χ2v) is 12.1. The first-order valence-electron chi connectivity index (χ1n) is 7.29. The number of aldehydes is 1. The summed E-state index contributed by atoms with van der Waals surface area (Å²) in [6.07, 6.45) is 0.753. The second-order valence-electron chi connectivity index (χ2n) is 7.36. The van der Waals surface area contributed by atoms with Gasteiger partial charge in [-0.15, -0.1) is 5.54 Å². The number of carbonyl (C=O) groups excluding carboxylic acids is 2. The largest absolute Gasteiger partial charge is 0.456 e. The number of rotatable bonds is 2. The van der Waals surface area contributed by atoms with Gasteiger partial charge in [-0.25, -0.2) is 4.79 Å². The molecule has 3 nitrogen and oxygen atoms in total. The summed E-state index contributed by atoms with van der Waals surface area (Å²) in [6, 6.07) is 3.44. The van der Waals surface area contributed by atoms with E-state index in [1.54, 1.807) is 19.1 Å². The van der Waals surface area contributed by atoms with E-state index >= 15 is 0 Å². The lowest BCUT2D eigenvalue weighted by Crippen LogP contribution is -2.24. The monoisotopic (exact) mass is 316 g/mol. The Morgan fingerprint density at radius 3 is 2.27 bits per heavy atom. The zero-order valence-corrected chi connectivity index (χ0v) is 15.5. The van der Waals surface area contributed by atoms with E-state index in [2.05, 4.69) is 31.1 Å². The first-order valence-corrected chi connectivity index (χ1v) is 10.8. The molecule has 0 saturated carbocycles. The Bertz CT molecular complexity index is 650. The zero-order valence-electron chi connectivity index (χ0n) is 14.5. The SMILES string of the molecule is Cc1c(C=O)cc(C#C[Si](C)(C)C)cc1C(=O)OC(C)(C)C. The van der Waals surface area contributed by atoms with Crippen molar-refractivity contribution in [1.82, 2.24) is 0 Å². The molecule has 0 saturated heterocycles. The molecule has 22 heavy (non-hydrogen) atoms. The van der Waals surface area contributed by atoms with Gasteiger partial charge in [-0.3, -0.25) is 4.79 Å². The maximum atomic E-state index is 12.3. The Morgan fingerprint density at radius 2 is 1.82 bits per heavy atom. The van der Waals surface area contributed by atoms with Crippen molar-refractivity contribution < 1.29 is 14.3 Å². The van der Waals surface area contributed by atoms with Crippen LogP contribution in [0.2, 0.25) is 19.6 Å². The van der Waals surface area contributed by atoms with Crippen LogP contribution in [0.1, 0.15) is 52.6 Å². The van der Waals surface area contributed by atoms with E-state index < -0.39 is 19.6 Å². The summed E-state index contributed by atoms with van der Waals surface area (Å²) in [4.78, 5) is 23.6. The van der Waals surface area contributed by atoms with Gasteiger partial charge in [0.15, 0.2) is 0 Å². The fraction of sp³-hybridized carbons (Fsp3) is 0.444. The quantitative estimate of drug-likeness (QED) is 0.358. The van der Waals surface area contributed by atoms with E-state index in [0.717, 1.165) is 6.29 Å². The van der Waals surface area contributed by atoms with Crippen LogP contribution in [-0.4, -0.2) is 25.9 Å². The van der Waals surface area contributed by atoms with Gasteiger partial charge >= 0.3 is 5.97 Å². The van der Waals surface area contributed by atoms with Gasteiger partial charge in [0.25, 0.3) is 0 Å². The molecular weight excluding hydrogens is 292 g/mol. The average molecular weight is 316 g/mol. The number of esters is 1. The predicted molar refractivity (Wildman–Crippen MR) is 92.0 cm³/mol. The van der Waals surface area contributed by atoms with Crippen LogP contribution in [0.5, 0.6) is 0 Å². The van der Waals surface area contributed by atoms with Crippen molar-refractivity contribution in [3.63, 3.8) is 0 Å². The van der Waals surface area contributed by atoms with Crippen molar-refractivity contribution in [1.29, 1.82) is 0 Å². The summed E-state index contributed by atoms with van der Waals surface area (Å²) in [6.45, 7) is 13.6. The lowest BCUT2D eigenvalue weighted by atomic mass is 9.99. The number of hydrogen-bond acceptors (Lipinski definition) is 3. The molecule has 0 bridgehead atoms. The molecule has 1 aromatic carbocycles. The molecule has 0 aliphatic rings. The molecule has 0 fully saturated rings. The van der Waals surface area contributed by atoms with Crippen molar-refractivity contribution in [2.24, 2.45) is 0 Å². The number of ether oxygens (including phenoxy) is 1. The normalized spacial score (nSPS) is 11.4. The molecule has 118 valence electrons. The molecule has 0 aliphatic heterocycles. The molecule has 0 N–H and O–H groups in total. The van der Waals surface area contributed by atoms with E-state index in [-0.39, 0.29) is 0 Å². The second kappa shape index (κ2) is 6.49. The Labute approximate surface area is 134 Å². The van der Waals surface area contributed by atoms with Crippen molar-refractivity contribution >= 4 is 20.3 Å². The van der Waals surface area contributed by atoms with Gasteiger partial charge in [-0.05, 0) is 45.4 Å². The van der Waals surface area contributed by atoms with Crippen LogP contribution < -0.4 is 0 Å². The molecule has 0 spiro atoms. The van der Waals surface area contributed by atoms with Crippen molar-refractivity contribution in [2.75, 3.05) is 0 Å². The van der Waals surface area contributed by atoms with E-state index in [0.29, 0.717) is 22.3 Å². The van der Waals surface area contributed by atoms with Crippen LogP contribution in [-0.2, 0) is 4.74 Å². The first kappa shape index (κ1) is 18.2. The summed E-state index contributed by atoms with van der Waals surface area (Å²) in [7, 11) is -1.53. The van der Waals surface area contributed by atoms with E-state index in [9.17, 15) is 9.59 Å². The number of benzene rings is 1. The minimum absolute atomic E-state index is 0.402. The van der Waals surface area contributed by atoms with Crippen LogP contribution >= 0.6 is 0 Å². The molecule has 0 atom stereocenters. The summed E-state index contributed by atoms with van der Waals surface area (Å²) in [5, 5.41) is 0. The molecule has 0 radical (unpaired) electrons. The smallest absolute Gasteiger partial charge is 0.338 e. The third kappa shape index (κ3) is 5.49. The van der Waals surface area contributed by atoms with Crippen LogP contribution in [0.25, 0.3) is 0 Å². The number of carbonyl (C=O) groups is 2. The van der Waals surface area contributed by atoms with Crippen molar-refractivity contribution in [3.05, 3.63) is 34.4 Å². The third-order valence-corrected chi connectivity index (χ3v) is 3.65. The Kier molecular flexibility index (Phi) is 5.37. The highest BCUT2D eigenvalue weighted by molar-refractivity contribution is 6.83. The highest BCUT2D eigenvalue weighted by Crippen LogP contribution is 2.19. The Hall–Kier alpha value is -1.86. The lowest BCUT2D eigenvalue weighted by molar-refractivity contribution is 0.00687. The van der Waals surface area contributed by atoms with Gasteiger partial charge < -0.3 is 4.74 Å². The summed E-state index contributed by atoms with van der Waals surface area (Å²) < 4.78 is 5.41. The topological polar surface area (TPSA) is 43.4 Å². The minimum Gasteiger partial charge on any atom is -0.456 e. The van der Waals surface area contributed by atoms with Gasteiger partial charge in [0, 0.05) is 11.1 Å². The van der Waals surface area contributed by atoms with Crippen molar-refractivity contribution in [2.45, 2.75) is 52.9 Å². The van der Waals surface area contributed by atoms with Crippen LogP contribution in [0.15, 0.2) is 12.1 Å². The highest BCUT2D eigenvalue weighted by atomic mass is 28.3. The molecular formula is C18H24O3Si. The molecule has 0 aliphatic carbocycles. The number of hydrogen-bond donors (Lipinski definition) is 0. The van der Waals surface area contributed by atoms with Crippen LogP contribution in [0.3, 0.4) is 0 Å². The van der Waals surface area contributed by atoms with E-state index in [4.69, 9.17) is 4.74 Å². The minimum atomic E-state index is -1.53. The predicted octanol–water partition coefficient (Wildman–Crippen LogP) is 3.99. The molecule has 1 rings (SSSR count). The van der Waals surface area contributed by atoms with Gasteiger partial charge in [0.05, 0.1) is 5.56 Å².